The zero-order valence-corrected chi connectivity index (χ0v) is 8.28. The molecule has 0 amide bonds. The molecule has 0 aliphatic carbocycles. The van der Waals surface area contributed by atoms with Crippen LogP contribution < -0.4 is 0 Å². The summed E-state index contributed by atoms with van der Waals surface area (Å²) in [5, 5.41) is 0. The van der Waals surface area contributed by atoms with Crippen LogP contribution in [0.3, 0.4) is 0 Å². The van der Waals surface area contributed by atoms with Gasteiger partial charge in [-0.3, -0.25) is 0 Å². The van der Waals surface area contributed by atoms with Crippen molar-refractivity contribution in [3.05, 3.63) is 12.2 Å². The van der Waals surface area contributed by atoms with E-state index in [0.29, 0.717) is 0 Å². The molecule has 0 bridgehead atoms. The Balaban J connectivity index is 3.06. The Bertz CT molecular complexity index is 125. The molecule has 0 aromatic carbocycles. The summed E-state index contributed by atoms with van der Waals surface area (Å²) in [6.07, 6.45) is 7.71. The number of hydrogen-bond donors (Lipinski definition) is 0. The Labute approximate surface area is 75.1 Å². The van der Waals surface area contributed by atoms with Crippen molar-refractivity contribution in [3.8, 4) is 9.09 Å². The SMILES string of the molecule is CC/C=C\CCC#[C][Na]. The fourth-order valence-electron chi connectivity index (χ4n) is 0.565. The van der Waals surface area contributed by atoms with E-state index < -0.39 is 0 Å². The zero-order valence-electron chi connectivity index (χ0n) is 6.28. The van der Waals surface area contributed by atoms with Gasteiger partial charge in [0.05, 0.1) is 0 Å². The summed E-state index contributed by atoms with van der Waals surface area (Å²) in [5.41, 5.74) is 0. The molecule has 0 radical (unpaired) electrons. The molecule has 0 aliphatic rings. The molecule has 0 fully saturated rings. The molecule has 0 saturated carbocycles. The van der Waals surface area contributed by atoms with Crippen LogP contribution in [-0.2, 0) is 0 Å². The van der Waals surface area contributed by atoms with E-state index in [4.69, 9.17) is 0 Å². The van der Waals surface area contributed by atoms with E-state index in [2.05, 4.69) is 28.2 Å². The Hall–Kier alpha value is 0.300. The predicted molar refractivity (Wildman–Crippen MR) is 42.2 cm³/mol. The standard InChI is InChI=1S/C8H11.Na/c1-3-5-7-8-6-4-2;/h5,7H,3,6,8H2,1H3;/b7-5-;. The summed E-state index contributed by atoms with van der Waals surface area (Å²) in [6.45, 7) is 2.15. The molecule has 0 heterocycles. The molecule has 0 aromatic rings. The third-order valence-electron chi connectivity index (χ3n) is 1.02. The van der Waals surface area contributed by atoms with Crippen LogP contribution in [0.5, 0.6) is 0 Å². The van der Waals surface area contributed by atoms with Gasteiger partial charge in [-0.15, -0.1) is 0 Å². The summed E-state index contributed by atoms with van der Waals surface area (Å²) in [4.78, 5) is 0. The van der Waals surface area contributed by atoms with E-state index in [9.17, 15) is 0 Å². The van der Waals surface area contributed by atoms with Gasteiger partial charge in [0.1, 0.15) is 0 Å². The first-order valence-electron chi connectivity index (χ1n) is 3.46. The maximum absolute atomic E-state index is 3.07. The van der Waals surface area contributed by atoms with Gasteiger partial charge in [-0.05, 0) is 0 Å². The first kappa shape index (κ1) is 9.30. The summed E-state index contributed by atoms with van der Waals surface area (Å²) in [5.74, 6) is 3.07. The minimum atomic E-state index is 1.02. The normalized spacial score (nSPS) is 9.22. The molecule has 44 valence electrons. The molecule has 0 N–H and O–H groups in total. The van der Waals surface area contributed by atoms with Crippen LogP contribution in [0.2, 0.25) is 0 Å². The van der Waals surface area contributed by atoms with Crippen LogP contribution in [-0.4, -0.2) is 27.9 Å². The van der Waals surface area contributed by atoms with Gasteiger partial charge in [0.15, 0.2) is 0 Å². The Morgan fingerprint density at radius 2 is 2.22 bits per heavy atom. The van der Waals surface area contributed by atoms with E-state index in [-0.39, 0.29) is 0 Å². The van der Waals surface area contributed by atoms with Gasteiger partial charge in [-0.1, -0.05) is 0 Å². The third-order valence-corrected chi connectivity index (χ3v) is 1.37. The van der Waals surface area contributed by atoms with Gasteiger partial charge in [0.25, 0.3) is 0 Å². The Kier molecular flexibility index (Phi) is 8.58. The van der Waals surface area contributed by atoms with Gasteiger partial charge in [0.2, 0.25) is 0 Å². The summed E-state index contributed by atoms with van der Waals surface area (Å²) in [6, 6.07) is 0. The summed E-state index contributed by atoms with van der Waals surface area (Å²) in [7, 11) is 0. The first-order chi connectivity index (χ1) is 4.41. The number of rotatable bonds is 3. The van der Waals surface area contributed by atoms with Crippen LogP contribution in [0.4, 0.5) is 0 Å². The second kappa shape index (κ2) is 8.30. The van der Waals surface area contributed by atoms with E-state index in [0.717, 1.165) is 47.2 Å². The molecule has 0 aliphatic heterocycles. The fourth-order valence-corrected chi connectivity index (χ4v) is 0.815. The fraction of sp³-hybridized carbons (Fsp3) is 0.500. The van der Waals surface area contributed by atoms with Crippen molar-refractivity contribution in [2.45, 2.75) is 26.2 Å². The second-order valence-electron chi connectivity index (χ2n) is 1.85. The van der Waals surface area contributed by atoms with Gasteiger partial charge >= 0.3 is 75.4 Å². The third kappa shape index (κ3) is 8.30. The van der Waals surface area contributed by atoms with Crippen molar-refractivity contribution >= 4 is 27.9 Å². The molecule has 0 saturated heterocycles. The molecule has 1 heteroatoms. The van der Waals surface area contributed by atoms with E-state index in [1.54, 1.807) is 0 Å². The number of hydrogen-bond acceptors (Lipinski definition) is 0. The summed E-state index contributed by atoms with van der Waals surface area (Å²) >= 11 is 1.02. The average molecular weight is 130 g/mol. The van der Waals surface area contributed by atoms with Crippen molar-refractivity contribution in [2.24, 2.45) is 0 Å². The molecule has 0 atom stereocenters. The number of unbranched alkanes of at least 4 members (excludes halogenated alkanes) is 1. The first-order valence-corrected chi connectivity index (χ1v) is 4.46. The topological polar surface area (TPSA) is 0 Å². The van der Waals surface area contributed by atoms with Gasteiger partial charge in [0, 0.05) is 0 Å². The quantitative estimate of drug-likeness (QED) is 0.237. The minimum absolute atomic E-state index is 1.02. The van der Waals surface area contributed by atoms with Crippen LogP contribution >= 0.6 is 0 Å². The molecule has 0 rings (SSSR count). The average Bonchev–Trinajstić information content (AvgIpc) is 1.89. The van der Waals surface area contributed by atoms with Crippen LogP contribution in [0.25, 0.3) is 0 Å². The van der Waals surface area contributed by atoms with E-state index in [1.165, 1.54) is 0 Å². The molecule has 9 heavy (non-hydrogen) atoms. The molecule has 0 aromatic heterocycles. The molecular formula is C8H11Na. The molecule has 0 unspecified atom stereocenters. The maximum atomic E-state index is 3.07. The van der Waals surface area contributed by atoms with E-state index >= 15 is 0 Å². The van der Waals surface area contributed by atoms with Crippen molar-refractivity contribution in [1.82, 2.24) is 0 Å². The van der Waals surface area contributed by atoms with Crippen molar-refractivity contribution in [3.63, 3.8) is 0 Å². The molecule has 0 nitrogen and oxygen atoms in total. The van der Waals surface area contributed by atoms with Crippen molar-refractivity contribution < 1.29 is 0 Å². The van der Waals surface area contributed by atoms with Gasteiger partial charge in [-0.25, -0.2) is 0 Å². The van der Waals surface area contributed by atoms with Gasteiger partial charge < -0.3 is 0 Å². The van der Waals surface area contributed by atoms with Gasteiger partial charge in [-0.2, -0.15) is 0 Å². The summed E-state index contributed by atoms with van der Waals surface area (Å²) < 4.78 is 3.00. The van der Waals surface area contributed by atoms with Crippen molar-refractivity contribution in [1.29, 1.82) is 0 Å². The molecule has 0 spiro atoms. The van der Waals surface area contributed by atoms with E-state index in [1.807, 2.05) is 0 Å². The second-order valence-corrected chi connectivity index (χ2v) is 2.35. The predicted octanol–water partition coefficient (Wildman–Crippen LogP) is 1.86. The van der Waals surface area contributed by atoms with Crippen molar-refractivity contribution in [2.75, 3.05) is 0 Å². The van der Waals surface area contributed by atoms with Crippen LogP contribution in [0.1, 0.15) is 26.2 Å². The van der Waals surface area contributed by atoms with Crippen LogP contribution in [0, 0.1) is 9.09 Å². The number of allylic oxidation sites excluding steroid dienone is 2. The Morgan fingerprint density at radius 1 is 1.44 bits per heavy atom. The monoisotopic (exact) mass is 130 g/mol. The molecular weight excluding hydrogens is 119 g/mol. The zero-order chi connectivity index (χ0) is 6.95. The van der Waals surface area contributed by atoms with Crippen LogP contribution in [0.15, 0.2) is 12.2 Å². The Morgan fingerprint density at radius 3 is 2.78 bits per heavy atom.